The normalized spacial score (nSPS) is 9.67. The summed E-state index contributed by atoms with van der Waals surface area (Å²) in [6.07, 6.45) is -0.975. The molecule has 0 spiro atoms. The maximum absolute atomic E-state index is 11.0. The van der Waals surface area contributed by atoms with Crippen LogP contribution in [0.15, 0.2) is 14.4 Å². The van der Waals surface area contributed by atoms with Crippen LogP contribution in [0, 0.1) is 0 Å². The van der Waals surface area contributed by atoms with E-state index in [9.17, 15) is 19.2 Å². The first kappa shape index (κ1) is 10.8. The molecule has 0 aliphatic heterocycles. The molecule has 0 aromatic carbocycles. The van der Waals surface area contributed by atoms with Gasteiger partial charge in [0.15, 0.2) is 0 Å². The number of ether oxygens (including phenoxy) is 1. The monoisotopic (exact) mass is 216 g/mol. The molecule has 0 fully saturated rings. The van der Waals surface area contributed by atoms with Gasteiger partial charge in [-0.3, -0.25) is 9.97 Å². The van der Waals surface area contributed by atoms with Crippen molar-refractivity contribution in [1.82, 2.24) is 14.6 Å². The number of hydrogen-bond donors (Lipinski definition) is 3. The van der Waals surface area contributed by atoms with Gasteiger partial charge < -0.3 is 4.74 Å². The lowest BCUT2D eigenvalue weighted by Gasteiger charge is -2.04. The minimum Gasteiger partial charge on any atom is -0.449 e. The number of aromatic amines is 2. The van der Waals surface area contributed by atoms with E-state index in [1.165, 1.54) is 0 Å². The average molecular weight is 216 g/mol. The molecule has 0 radical (unpaired) electrons. The number of hydrogen-bond acceptors (Lipinski definition) is 5. The number of H-pyrrole nitrogens is 2. The molecule has 0 aliphatic carbocycles. The molecule has 82 valence electrons. The SMILES string of the molecule is CCOC(=O)Nn1c(=O)[nH]c(=O)[nH]c1=O. The number of aromatic nitrogens is 3. The van der Waals surface area contributed by atoms with E-state index in [4.69, 9.17) is 0 Å². The Labute approximate surface area is 81.7 Å². The van der Waals surface area contributed by atoms with Crippen LogP contribution in [0.4, 0.5) is 4.79 Å². The Bertz CT molecular complexity index is 489. The number of amides is 1. The molecule has 0 atom stereocenters. The molecule has 1 aromatic heterocycles. The Morgan fingerprint density at radius 2 is 1.87 bits per heavy atom. The molecular weight excluding hydrogens is 208 g/mol. The molecule has 1 aromatic rings. The molecule has 3 N–H and O–H groups in total. The van der Waals surface area contributed by atoms with Gasteiger partial charge in [-0.05, 0) is 6.92 Å². The standard InChI is InChI=1S/C6H8N4O5/c1-2-15-6(14)9-10-4(12)7-3(11)8-5(10)13/h2H2,1H3,(H,9,14)(H2,7,8,11,12,13). The fourth-order valence-corrected chi connectivity index (χ4v) is 0.786. The van der Waals surface area contributed by atoms with Crippen molar-refractivity contribution in [3.05, 3.63) is 31.5 Å². The van der Waals surface area contributed by atoms with Crippen LogP contribution in [0.25, 0.3) is 0 Å². The first-order valence-corrected chi connectivity index (χ1v) is 3.94. The van der Waals surface area contributed by atoms with Crippen molar-refractivity contribution >= 4 is 6.09 Å². The van der Waals surface area contributed by atoms with E-state index < -0.39 is 23.2 Å². The first-order chi connectivity index (χ1) is 7.04. The zero-order valence-electron chi connectivity index (χ0n) is 7.70. The van der Waals surface area contributed by atoms with E-state index in [2.05, 4.69) is 4.74 Å². The van der Waals surface area contributed by atoms with Crippen molar-refractivity contribution in [1.29, 1.82) is 0 Å². The minimum atomic E-state index is -1.06. The van der Waals surface area contributed by atoms with Gasteiger partial charge in [0.1, 0.15) is 0 Å². The van der Waals surface area contributed by atoms with Crippen molar-refractivity contribution in [3.63, 3.8) is 0 Å². The Morgan fingerprint density at radius 1 is 1.33 bits per heavy atom. The predicted octanol–water partition coefficient (Wildman–Crippen LogP) is -2.08. The summed E-state index contributed by atoms with van der Waals surface area (Å²) in [5.74, 6) is 0. The lowest BCUT2D eigenvalue weighted by atomic mass is 10.9. The largest absolute Gasteiger partial charge is 0.449 e. The zero-order chi connectivity index (χ0) is 11.4. The summed E-state index contributed by atoms with van der Waals surface area (Å²) in [5.41, 5.74) is -1.23. The number of carbonyl (C=O) groups excluding carboxylic acids is 1. The molecule has 0 aliphatic rings. The van der Waals surface area contributed by atoms with Gasteiger partial charge in [0.05, 0.1) is 6.61 Å². The average Bonchev–Trinajstić information content (AvgIpc) is 2.11. The van der Waals surface area contributed by atoms with Gasteiger partial charge in [-0.2, -0.15) is 0 Å². The van der Waals surface area contributed by atoms with Crippen LogP contribution in [-0.2, 0) is 4.74 Å². The molecule has 1 amide bonds. The lowest BCUT2D eigenvalue weighted by Crippen LogP contribution is -2.49. The van der Waals surface area contributed by atoms with Crippen LogP contribution < -0.4 is 22.5 Å². The maximum Gasteiger partial charge on any atom is 0.426 e. The second-order valence-electron chi connectivity index (χ2n) is 2.36. The molecule has 1 heterocycles. The summed E-state index contributed by atoms with van der Waals surface area (Å²) in [6, 6.07) is 0. The van der Waals surface area contributed by atoms with E-state index in [1.807, 2.05) is 5.43 Å². The number of nitrogens with zero attached hydrogens (tertiary/aromatic N) is 1. The highest BCUT2D eigenvalue weighted by molar-refractivity contribution is 5.75. The Morgan fingerprint density at radius 3 is 2.33 bits per heavy atom. The second-order valence-corrected chi connectivity index (χ2v) is 2.36. The molecule has 15 heavy (non-hydrogen) atoms. The van der Waals surface area contributed by atoms with Gasteiger partial charge in [-0.1, -0.05) is 0 Å². The van der Waals surface area contributed by atoms with Crippen LogP contribution >= 0.6 is 0 Å². The Kier molecular flexibility index (Phi) is 3.06. The highest BCUT2D eigenvalue weighted by Gasteiger charge is 2.06. The van der Waals surface area contributed by atoms with E-state index in [-0.39, 0.29) is 6.61 Å². The van der Waals surface area contributed by atoms with E-state index in [0.717, 1.165) is 0 Å². The topological polar surface area (TPSA) is 126 Å². The summed E-state index contributed by atoms with van der Waals surface area (Å²) >= 11 is 0. The molecular formula is C6H8N4O5. The van der Waals surface area contributed by atoms with Gasteiger partial charge >= 0.3 is 23.2 Å². The van der Waals surface area contributed by atoms with Gasteiger partial charge in [0, 0.05) is 0 Å². The smallest absolute Gasteiger partial charge is 0.426 e. The quantitative estimate of drug-likeness (QED) is 0.523. The summed E-state index contributed by atoms with van der Waals surface area (Å²) in [7, 11) is 0. The van der Waals surface area contributed by atoms with Crippen molar-refractivity contribution in [3.8, 4) is 0 Å². The van der Waals surface area contributed by atoms with Crippen molar-refractivity contribution in [2.75, 3.05) is 12.0 Å². The summed E-state index contributed by atoms with van der Waals surface area (Å²) in [5, 5.41) is 0. The lowest BCUT2D eigenvalue weighted by molar-refractivity contribution is 0.164. The fourth-order valence-electron chi connectivity index (χ4n) is 0.786. The molecule has 0 saturated carbocycles. The Hall–Kier alpha value is -2.32. The van der Waals surface area contributed by atoms with Crippen molar-refractivity contribution in [2.45, 2.75) is 6.92 Å². The van der Waals surface area contributed by atoms with Crippen molar-refractivity contribution in [2.24, 2.45) is 0 Å². The molecule has 9 heteroatoms. The first-order valence-electron chi connectivity index (χ1n) is 3.94. The number of rotatable bonds is 2. The number of nitrogens with one attached hydrogen (secondary N) is 3. The molecule has 0 unspecified atom stereocenters. The summed E-state index contributed by atoms with van der Waals surface area (Å²) in [6.45, 7) is 1.64. The maximum atomic E-state index is 11.0. The third-order valence-corrected chi connectivity index (χ3v) is 1.33. The van der Waals surface area contributed by atoms with Crippen LogP contribution in [0.5, 0.6) is 0 Å². The molecule has 0 bridgehead atoms. The van der Waals surface area contributed by atoms with E-state index in [1.54, 1.807) is 16.9 Å². The van der Waals surface area contributed by atoms with Crippen LogP contribution in [-0.4, -0.2) is 27.3 Å². The van der Waals surface area contributed by atoms with Gasteiger partial charge in [0.25, 0.3) is 0 Å². The highest BCUT2D eigenvalue weighted by Crippen LogP contribution is 1.75. The molecule has 9 nitrogen and oxygen atoms in total. The fraction of sp³-hybridized carbons (Fsp3) is 0.333. The minimum absolute atomic E-state index is 0.0852. The van der Waals surface area contributed by atoms with E-state index >= 15 is 0 Å². The summed E-state index contributed by atoms with van der Waals surface area (Å²) in [4.78, 5) is 47.0. The van der Waals surface area contributed by atoms with Crippen LogP contribution in [0.3, 0.4) is 0 Å². The van der Waals surface area contributed by atoms with Gasteiger partial charge in [-0.25, -0.2) is 24.6 Å². The zero-order valence-corrected chi connectivity index (χ0v) is 7.70. The third-order valence-electron chi connectivity index (χ3n) is 1.33. The molecule has 0 saturated heterocycles. The second kappa shape index (κ2) is 4.26. The van der Waals surface area contributed by atoms with Crippen molar-refractivity contribution < 1.29 is 9.53 Å². The predicted molar refractivity (Wildman–Crippen MR) is 48.3 cm³/mol. The van der Waals surface area contributed by atoms with E-state index in [0.29, 0.717) is 4.68 Å². The van der Waals surface area contributed by atoms with Gasteiger partial charge in [0.2, 0.25) is 0 Å². The third kappa shape index (κ3) is 2.56. The van der Waals surface area contributed by atoms with Crippen LogP contribution in [0.1, 0.15) is 6.92 Å². The van der Waals surface area contributed by atoms with Crippen LogP contribution in [0.2, 0.25) is 0 Å². The highest BCUT2D eigenvalue weighted by atomic mass is 16.6. The molecule has 1 rings (SSSR count). The van der Waals surface area contributed by atoms with Gasteiger partial charge in [-0.15, -0.1) is 4.68 Å². The summed E-state index contributed by atoms with van der Waals surface area (Å²) < 4.78 is 4.72. The number of carbonyl (C=O) groups is 1. The Balaban J connectivity index is 3.06.